The topological polar surface area (TPSA) is 55.1 Å². The van der Waals surface area contributed by atoms with E-state index in [-0.39, 0.29) is 5.91 Å². The smallest absolute Gasteiger partial charge is 0.220 e. The third-order valence-electron chi connectivity index (χ3n) is 4.76. The van der Waals surface area contributed by atoms with Crippen molar-refractivity contribution in [1.29, 1.82) is 0 Å². The summed E-state index contributed by atoms with van der Waals surface area (Å²) in [6.07, 6.45) is 8.92. The van der Waals surface area contributed by atoms with E-state index >= 15 is 0 Å². The molecule has 0 aromatic carbocycles. The number of carbonyl (C=O) groups is 1. The van der Waals surface area contributed by atoms with E-state index in [4.69, 9.17) is 5.73 Å². The Morgan fingerprint density at radius 3 is 2.50 bits per heavy atom. The lowest BCUT2D eigenvalue weighted by Crippen LogP contribution is -2.41. The first-order valence-corrected chi connectivity index (χ1v) is 7.62. The quantitative estimate of drug-likeness (QED) is 0.665. The van der Waals surface area contributed by atoms with Crippen LogP contribution in [0, 0.1) is 11.3 Å². The summed E-state index contributed by atoms with van der Waals surface area (Å²) in [5.41, 5.74) is 6.00. The molecule has 1 unspecified atom stereocenters. The van der Waals surface area contributed by atoms with Crippen LogP contribution in [0.3, 0.4) is 0 Å². The maximum absolute atomic E-state index is 11.8. The van der Waals surface area contributed by atoms with Crippen LogP contribution in [0.25, 0.3) is 0 Å². The minimum Gasteiger partial charge on any atom is -0.356 e. The lowest BCUT2D eigenvalue weighted by molar-refractivity contribution is -0.122. The Morgan fingerprint density at radius 2 is 2.06 bits per heavy atom. The van der Waals surface area contributed by atoms with E-state index in [1.165, 1.54) is 25.7 Å². The van der Waals surface area contributed by atoms with Gasteiger partial charge in [0.15, 0.2) is 0 Å². The zero-order valence-corrected chi connectivity index (χ0v) is 12.1. The van der Waals surface area contributed by atoms with Crippen molar-refractivity contribution < 1.29 is 4.79 Å². The van der Waals surface area contributed by atoms with Gasteiger partial charge in [-0.2, -0.15) is 0 Å². The highest BCUT2D eigenvalue weighted by molar-refractivity contribution is 5.75. The van der Waals surface area contributed by atoms with E-state index < -0.39 is 0 Å². The Labute approximate surface area is 112 Å². The van der Waals surface area contributed by atoms with Gasteiger partial charge in [0.2, 0.25) is 5.91 Å². The zero-order chi connectivity index (χ0) is 13.4. The summed E-state index contributed by atoms with van der Waals surface area (Å²) in [5.74, 6) is 0.842. The van der Waals surface area contributed by atoms with Crippen LogP contribution >= 0.6 is 0 Å². The highest BCUT2D eigenvalue weighted by Gasteiger charge is 2.35. The summed E-state index contributed by atoms with van der Waals surface area (Å²) in [7, 11) is 0. The van der Waals surface area contributed by atoms with Crippen LogP contribution in [0.1, 0.15) is 65.2 Å². The minimum absolute atomic E-state index is 0.227. The first-order valence-electron chi connectivity index (χ1n) is 7.62. The van der Waals surface area contributed by atoms with Gasteiger partial charge >= 0.3 is 0 Å². The van der Waals surface area contributed by atoms with Crippen molar-refractivity contribution in [1.82, 2.24) is 5.32 Å². The van der Waals surface area contributed by atoms with Crippen LogP contribution in [0.4, 0.5) is 0 Å². The van der Waals surface area contributed by atoms with Crippen molar-refractivity contribution in [3.63, 3.8) is 0 Å². The number of hydrogen-bond acceptors (Lipinski definition) is 2. The molecule has 3 nitrogen and oxygen atoms in total. The van der Waals surface area contributed by atoms with Crippen LogP contribution in [0.2, 0.25) is 0 Å². The summed E-state index contributed by atoms with van der Waals surface area (Å²) in [6, 6.07) is 0. The van der Waals surface area contributed by atoms with E-state index in [1.54, 1.807) is 0 Å². The van der Waals surface area contributed by atoms with Crippen LogP contribution in [-0.4, -0.2) is 19.0 Å². The second-order valence-electron chi connectivity index (χ2n) is 5.87. The van der Waals surface area contributed by atoms with E-state index in [2.05, 4.69) is 19.2 Å². The molecule has 3 heteroatoms. The SMILES string of the molecule is CCC(CCN)CCC(=O)NCC1(CC)CCC1. The van der Waals surface area contributed by atoms with Gasteiger partial charge in [-0.15, -0.1) is 0 Å². The molecule has 0 heterocycles. The molecule has 3 N–H and O–H groups in total. The predicted octanol–water partition coefficient (Wildman–Crippen LogP) is 2.84. The van der Waals surface area contributed by atoms with Gasteiger partial charge in [0, 0.05) is 13.0 Å². The van der Waals surface area contributed by atoms with Crippen LogP contribution in [0.15, 0.2) is 0 Å². The standard InChI is InChI=1S/C15H30N2O/c1-3-13(8-11-16)6-7-14(18)17-12-15(4-2)9-5-10-15/h13H,3-12,16H2,1-2H3,(H,17,18). The molecule has 1 atom stereocenters. The molecular weight excluding hydrogens is 224 g/mol. The third kappa shape index (κ3) is 4.60. The molecule has 0 spiro atoms. The lowest BCUT2D eigenvalue weighted by atomic mass is 9.67. The Kier molecular flexibility index (Phi) is 6.69. The Hall–Kier alpha value is -0.570. The van der Waals surface area contributed by atoms with Crippen LogP contribution in [0.5, 0.6) is 0 Å². The molecule has 0 saturated heterocycles. The second-order valence-corrected chi connectivity index (χ2v) is 5.87. The van der Waals surface area contributed by atoms with E-state index in [1.807, 2.05) is 0 Å². The molecule has 0 aliphatic heterocycles. The third-order valence-corrected chi connectivity index (χ3v) is 4.76. The molecular formula is C15H30N2O. The molecule has 1 saturated carbocycles. The zero-order valence-electron chi connectivity index (χ0n) is 12.1. The van der Waals surface area contributed by atoms with Gasteiger partial charge in [0.25, 0.3) is 0 Å². The van der Waals surface area contributed by atoms with Crippen molar-refractivity contribution in [3.8, 4) is 0 Å². The van der Waals surface area contributed by atoms with Gasteiger partial charge in [-0.25, -0.2) is 0 Å². The molecule has 1 aliphatic carbocycles. The molecule has 1 rings (SSSR count). The summed E-state index contributed by atoms with van der Waals surface area (Å²) < 4.78 is 0. The summed E-state index contributed by atoms with van der Waals surface area (Å²) in [4.78, 5) is 11.8. The number of hydrogen-bond donors (Lipinski definition) is 2. The first kappa shape index (κ1) is 15.5. The molecule has 0 aromatic heterocycles. The normalized spacial score (nSPS) is 19.1. The lowest BCUT2D eigenvalue weighted by Gasteiger charge is -2.41. The fraction of sp³-hybridized carbons (Fsp3) is 0.933. The van der Waals surface area contributed by atoms with Gasteiger partial charge < -0.3 is 11.1 Å². The number of rotatable bonds is 9. The average Bonchev–Trinajstić information content (AvgIpc) is 2.33. The fourth-order valence-electron chi connectivity index (χ4n) is 2.83. The number of nitrogens with two attached hydrogens (primary N) is 1. The van der Waals surface area contributed by atoms with Gasteiger partial charge in [-0.05, 0) is 50.0 Å². The van der Waals surface area contributed by atoms with Crippen molar-refractivity contribution in [2.45, 2.75) is 65.2 Å². The van der Waals surface area contributed by atoms with Crippen molar-refractivity contribution in [2.75, 3.05) is 13.1 Å². The number of carbonyl (C=O) groups excluding carboxylic acids is 1. The summed E-state index contributed by atoms with van der Waals surface area (Å²) >= 11 is 0. The molecule has 0 aromatic rings. The van der Waals surface area contributed by atoms with Crippen molar-refractivity contribution in [2.24, 2.45) is 17.1 Å². The van der Waals surface area contributed by atoms with Crippen LogP contribution < -0.4 is 11.1 Å². The molecule has 106 valence electrons. The molecule has 0 radical (unpaired) electrons. The first-order chi connectivity index (χ1) is 8.65. The highest BCUT2D eigenvalue weighted by atomic mass is 16.1. The largest absolute Gasteiger partial charge is 0.356 e. The van der Waals surface area contributed by atoms with Gasteiger partial charge in [0.05, 0.1) is 0 Å². The Bertz CT molecular complexity index is 243. The number of amides is 1. The molecule has 1 amide bonds. The van der Waals surface area contributed by atoms with Crippen molar-refractivity contribution in [3.05, 3.63) is 0 Å². The summed E-state index contributed by atoms with van der Waals surface area (Å²) in [6.45, 7) is 6.04. The Morgan fingerprint density at radius 1 is 1.33 bits per heavy atom. The molecule has 0 bridgehead atoms. The predicted molar refractivity (Wildman–Crippen MR) is 76.3 cm³/mol. The molecule has 1 aliphatic rings. The monoisotopic (exact) mass is 254 g/mol. The van der Waals surface area contributed by atoms with Gasteiger partial charge in [-0.3, -0.25) is 4.79 Å². The molecule has 1 fully saturated rings. The second kappa shape index (κ2) is 7.78. The maximum Gasteiger partial charge on any atom is 0.220 e. The van der Waals surface area contributed by atoms with E-state index in [9.17, 15) is 4.79 Å². The van der Waals surface area contributed by atoms with E-state index in [0.29, 0.717) is 17.8 Å². The van der Waals surface area contributed by atoms with Gasteiger partial charge in [0.1, 0.15) is 0 Å². The maximum atomic E-state index is 11.8. The van der Waals surface area contributed by atoms with E-state index in [0.717, 1.165) is 32.4 Å². The van der Waals surface area contributed by atoms with Crippen molar-refractivity contribution >= 4 is 5.91 Å². The minimum atomic E-state index is 0.227. The summed E-state index contributed by atoms with van der Waals surface area (Å²) in [5, 5.41) is 3.13. The average molecular weight is 254 g/mol. The highest BCUT2D eigenvalue weighted by Crippen LogP contribution is 2.43. The molecule has 18 heavy (non-hydrogen) atoms. The Balaban J connectivity index is 2.17. The van der Waals surface area contributed by atoms with Crippen LogP contribution in [-0.2, 0) is 4.79 Å². The number of nitrogens with one attached hydrogen (secondary N) is 1. The van der Waals surface area contributed by atoms with Gasteiger partial charge in [-0.1, -0.05) is 26.7 Å². The fourth-order valence-corrected chi connectivity index (χ4v) is 2.83.